The lowest BCUT2D eigenvalue weighted by molar-refractivity contribution is -0.132. The molecule has 2 heterocycles. The largest absolute Gasteiger partial charge is 0.507 e. The van der Waals surface area contributed by atoms with Crippen molar-refractivity contribution in [1.29, 1.82) is 0 Å². The summed E-state index contributed by atoms with van der Waals surface area (Å²) in [6.45, 7) is 1.83. The molecule has 9 heteroatoms. The maximum absolute atomic E-state index is 13.2. The number of carbonyl (C=O) groups excluding carboxylic acids is 2. The van der Waals surface area contributed by atoms with Crippen molar-refractivity contribution in [3.05, 3.63) is 92.2 Å². The molecule has 0 aliphatic carbocycles. The number of ketones is 1. The van der Waals surface area contributed by atoms with Crippen LogP contribution in [0.1, 0.15) is 22.9 Å². The maximum Gasteiger partial charge on any atom is 0.300 e. The first-order chi connectivity index (χ1) is 15.7. The molecule has 1 N–H and O–H groups in total. The molecule has 1 aliphatic heterocycles. The molecule has 168 valence electrons. The molecule has 4 rings (SSSR count). The highest BCUT2D eigenvalue weighted by Gasteiger charge is 2.47. The highest BCUT2D eigenvalue weighted by atomic mass is 35.5. The Morgan fingerprint density at radius 2 is 1.73 bits per heavy atom. The first kappa shape index (κ1) is 23.1. The van der Waals surface area contributed by atoms with E-state index in [4.69, 9.17) is 39.5 Å². The zero-order chi connectivity index (χ0) is 23.9. The van der Waals surface area contributed by atoms with E-state index in [0.717, 1.165) is 5.56 Å². The number of amides is 1. The molecule has 1 saturated heterocycles. The highest BCUT2D eigenvalue weighted by Crippen LogP contribution is 2.43. The van der Waals surface area contributed by atoms with Gasteiger partial charge in [-0.15, -0.1) is 0 Å². The van der Waals surface area contributed by atoms with Gasteiger partial charge in [-0.3, -0.25) is 19.5 Å². The molecule has 1 atom stereocenters. The molecule has 1 aromatic heterocycles. The molecule has 1 fully saturated rings. The summed E-state index contributed by atoms with van der Waals surface area (Å²) in [5.41, 5.74) is 1.61. The molecule has 1 unspecified atom stereocenters. The van der Waals surface area contributed by atoms with Gasteiger partial charge in [0.2, 0.25) is 0 Å². The average Bonchev–Trinajstić information content (AvgIpc) is 3.06. The third kappa shape index (κ3) is 4.06. The van der Waals surface area contributed by atoms with Crippen molar-refractivity contribution in [2.45, 2.75) is 13.0 Å². The van der Waals surface area contributed by atoms with Crippen molar-refractivity contribution in [1.82, 2.24) is 4.98 Å². The van der Waals surface area contributed by atoms with Gasteiger partial charge in [0.25, 0.3) is 11.7 Å². The Hall–Kier alpha value is -3.06. The fourth-order valence-electron chi connectivity index (χ4n) is 3.70. The fourth-order valence-corrected chi connectivity index (χ4v) is 4.51. The van der Waals surface area contributed by atoms with Crippen molar-refractivity contribution in [2.75, 3.05) is 12.0 Å². The minimum atomic E-state index is -0.996. The van der Waals surface area contributed by atoms with E-state index in [1.165, 1.54) is 24.1 Å². The monoisotopic (exact) mass is 502 g/mol. The van der Waals surface area contributed by atoms with Crippen LogP contribution in [0.4, 0.5) is 5.69 Å². The Kier molecular flexibility index (Phi) is 6.34. The SMILES string of the molecule is COc1c(Cl)cc(/C(O)=C2\C(=O)C(=O)N(c3ccc(C)c(Cl)c3)C2c2ccccn2)cc1Cl. The fraction of sp³-hybridized carbons (Fsp3) is 0.125. The summed E-state index contributed by atoms with van der Waals surface area (Å²) in [5, 5.41) is 11.9. The van der Waals surface area contributed by atoms with Crippen LogP contribution in [0.2, 0.25) is 15.1 Å². The number of halogens is 3. The van der Waals surface area contributed by atoms with Gasteiger partial charge in [-0.05, 0) is 48.9 Å². The predicted octanol–water partition coefficient (Wildman–Crippen LogP) is 5.99. The van der Waals surface area contributed by atoms with Gasteiger partial charge in [0, 0.05) is 22.5 Å². The van der Waals surface area contributed by atoms with Gasteiger partial charge in [0.1, 0.15) is 11.8 Å². The number of nitrogens with zero attached hydrogens (tertiary/aromatic N) is 2. The number of hydrogen-bond donors (Lipinski definition) is 1. The quantitative estimate of drug-likeness (QED) is 0.269. The molecule has 0 radical (unpaired) electrons. The van der Waals surface area contributed by atoms with Gasteiger partial charge in [0.15, 0.2) is 5.75 Å². The van der Waals surface area contributed by atoms with Crippen LogP contribution < -0.4 is 9.64 Å². The smallest absolute Gasteiger partial charge is 0.300 e. The minimum Gasteiger partial charge on any atom is -0.507 e. The van der Waals surface area contributed by atoms with E-state index in [1.54, 1.807) is 42.6 Å². The molecule has 1 aliphatic rings. The van der Waals surface area contributed by atoms with E-state index in [2.05, 4.69) is 4.98 Å². The molecule has 33 heavy (non-hydrogen) atoms. The van der Waals surface area contributed by atoms with Crippen LogP contribution in [0.15, 0.2) is 60.3 Å². The molecular formula is C24H17Cl3N2O4. The number of methoxy groups -OCH3 is 1. The van der Waals surface area contributed by atoms with Gasteiger partial charge in [-0.2, -0.15) is 0 Å². The maximum atomic E-state index is 13.2. The second kappa shape index (κ2) is 9.06. The van der Waals surface area contributed by atoms with E-state index in [-0.39, 0.29) is 26.9 Å². The summed E-state index contributed by atoms with van der Waals surface area (Å²) in [5.74, 6) is -1.90. The van der Waals surface area contributed by atoms with Crippen molar-refractivity contribution in [3.63, 3.8) is 0 Å². The zero-order valence-electron chi connectivity index (χ0n) is 17.5. The number of anilines is 1. The van der Waals surface area contributed by atoms with Crippen molar-refractivity contribution in [2.24, 2.45) is 0 Å². The Balaban J connectivity index is 1.96. The molecule has 3 aromatic rings. The zero-order valence-corrected chi connectivity index (χ0v) is 19.7. The number of rotatable bonds is 4. The Bertz CT molecular complexity index is 1290. The van der Waals surface area contributed by atoms with Crippen molar-refractivity contribution >= 4 is 57.9 Å². The summed E-state index contributed by atoms with van der Waals surface area (Å²) in [4.78, 5) is 31.9. The second-order valence-electron chi connectivity index (χ2n) is 7.33. The average molecular weight is 504 g/mol. The second-order valence-corrected chi connectivity index (χ2v) is 8.55. The molecule has 1 amide bonds. The summed E-state index contributed by atoms with van der Waals surface area (Å²) >= 11 is 18.7. The van der Waals surface area contributed by atoms with E-state index < -0.39 is 23.5 Å². The van der Waals surface area contributed by atoms with Gasteiger partial charge < -0.3 is 9.84 Å². The minimum absolute atomic E-state index is 0.139. The first-order valence-corrected chi connectivity index (χ1v) is 10.9. The number of aromatic nitrogens is 1. The number of pyridine rings is 1. The molecule has 0 spiro atoms. The number of benzene rings is 2. The summed E-state index contributed by atoms with van der Waals surface area (Å²) in [6, 6.07) is 12.0. The van der Waals surface area contributed by atoms with Crippen LogP contribution in [-0.2, 0) is 9.59 Å². The predicted molar refractivity (Wildman–Crippen MR) is 128 cm³/mol. The third-order valence-corrected chi connectivity index (χ3v) is 6.29. The summed E-state index contributed by atoms with van der Waals surface area (Å²) < 4.78 is 5.15. The van der Waals surface area contributed by atoms with Crippen LogP contribution in [0.3, 0.4) is 0 Å². The van der Waals surface area contributed by atoms with Crippen LogP contribution in [-0.4, -0.2) is 28.9 Å². The topological polar surface area (TPSA) is 79.7 Å². The Morgan fingerprint density at radius 3 is 2.30 bits per heavy atom. The Morgan fingerprint density at radius 1 is 1.03 bits per heavy atom. The normalized spacial score (nSPS) is 17.5. The lowest BCUT2D eigenvalue weighted by Gasteiger charge is -2.25. The highest BCUT2D eigenvalue weighted by molar-refractivity contribution is 6.52. The van der Waals surface area contributed by atoms with Crippen LogP contribution in [0, 0.1) is 6.92 Å². The molecule has 2 aromatic carbocycles. The van der Waals surface area contributed by atoms with E-state index in [9.17, 15) is 14.7 Å². The first-order valence-electron chi connectivity index (χ1n) is 9.76. The molecule has 0 saturated carbocycles. The molecular weight excluding hydrogens is 487 g/mol. The number of ether oxygens (including phenoxy) is 1. The third-order valence-electron chi connectivity index (χ3n) is 5.32. The van der Waals surface area contributed by atoms with Gasteiger partial charge in [0.05, 0.1) is 28.4 Å². The van der Waals surface area contributed by atoms with E-state index in [1.807, 2.05) is 6.92 Å². The number of aliphatic hydroxyl groups is 1. The molecule has 6 nitrogen and oxygen atoms in total. The summed E-state index contributed by atoms with van der Waals surface area (Å²) in [6.07, 6.45) is 1.54. The number of hydrogen-bond acceptors (Lipinski definition) is 5. The standard InChI is InChI=1S/C24H17Cl3N2O4/c1-12-6-7-14(11-15(12)25)29-20(18-5-3-4-8-28-18)19(22(31)24(29)32)21(30)13-9-16(26)23(33-2)17(27)10-13/h3-11,20,30H,1-2H3/b21-19+. The summed E-state index contributed by atoms with van der Waals surface area (Å²) in [7, 11) is 1.41. The van der Waals surface area contributed by atoms with Crippen LogP contribution in [0.25, 0.3) is 5.76 Å². The number of carbonyl (C=O) groups is 2. The lowest BCUT2D eigenvalue weighted by Crippen LogP contribution is -2.29. The molecule has 0 bridgehead atoms. The van der Waals surface area contributed by atoms with Gasteiger partial charge in [-0.25, -0.2) is 0 Å². The van der Waals surface area contributed by atoms with Crippen molar-refractivity contribution in [3.8, 4) is 5.75 Å². The van der Waals surface area contributed by atoms with E-state index in [0.29, 0.717) is 16.4 Å². The van der Waals surface area contributed by atoms with Gasteiger partial charge >= 0.3 is 0 Å². The van der Waals surface area contributed by atoms with E-state index >= 15 is 0 Å². The van der Waals surface area contributed by atoms with Crippen LogP contribution >= 0.6 is 34.8 Å². The van der Waals surface area contributed by atoms with Crippen LogP contribution in [0.5, 0.6) is 5.75 Å². The Labute approximate surface area is 205 Å². The van der Waals surface area contributed by atoms with Gasteiger partial charge in [-0.1, -0.05) is 46.9 Å². The number of Topliss-reactive ketones (excluding diaryl/α,β-unsaturated/α-hetero) is 1. The number of aryl methyl sites for hydroxylation is 1. The van der Waals surface area contributed by atoms with Crippen molar-refractivity contribution < 1.29 is 19.4 Å². The number of aliphatic hydroxyl groups excluding tert-OH is 1. The lowest BCUT2D eigenvalue weighted by atomic mass is 9.98.